The average Bonchev–Trinajstić information content (AvgIpc) is 2.68. The van der Waals surface area contributed by atoms with Gasteiger partial charge in [0.05, 0.1) is 30.5 Å². The van der Waals surface area contributed by atoms with Gasteiger partial charge in [-0.25, -0.2) is 4.39 Å². The summed E-state index contributed by atoms with van der Waals surface area (Å²) in [6, 6.07) is 10.3. The minimum atomic E-state index is -1.85. The number of halogens is 1. The summed E-state index contributed by atoms with van der Waals surface area (Å²) in [5, 5.41) is 29.5. The highest BCUT2D eigenvalue weighted by Crippen LogP contribution is 2.54. The first-order valence-corrected chi connectivity index (χ1v) is 8.38. The Morgan fingerprint density at radius 3 is 2.59 bits per heavy atom. The number of fused-ring (bicyclic) bond motifs is 1. The van der Waals surface area contributed by atoms with Gasteiger partial charge in [0.1, 0.15) is 17.6 Å². The van der Waals surface area contributed by atoms with Gasteiger partial charge in [-0.1, -0.05) is 6.08 Å². The van der Waals surface area contributed by atoms with Gasteiger partial charge in [0.15, 0.2) is 5.41 Å². The third-order valence-corrected chi connectivity index (χ3v) is 5.39. The number of benzene rings is 1. The molecule has 1 aromatic carbocycles. The van der Waals surface area contributed by atoms with E-state index in [4.69, 9.17) is 10.5 Å². The largest absolute Gasteiger partial charge is 0.497 e. The van der Waals surface area contributed by atoms with Crippen LogP contribution in [0.5, 0.6) is 5.75 Å². The van der Waals surface area contributed by atoms with Gasteiger partial charge in [0.25, 0.3) is 0 Å². The second kappa shape index (κ2) is 6.76. The van der Waals surface area contributed by atoms with Crippen molar-refractivity contribution in [3.05, 3.63) is 52.5 Å². The van der Waals surface area contributed by atoms with E-state index in [-0.39, 0.29) is 16.8 Å². The molecule has 0 saturated carbocycles. The van der Waals surface area contributed by atoms with Crippen LogP contribution in [0, 0.1) is 51.1 Å². The zero-order chi connectivity index (χ0) is 19.8. The molecule has 0 aromatic heterocycles. The van der Waals surface area contributed by atoms with E-state index in [9.17, 15) is 20.2 Å². The molecule has 2 aliphatic rings. The molecule has 0 amide bonds. The Morgan fingerprint density at radius 2 is 2.00 bits per heavy atom. The second-order valence-corrected chi connectivity index (χ2v) is 6.78. The fraction of sp³-hybridized carbons (Fsp3) is 0.350. The minimum Gasteiger partial charge on any atom is -0.497 e. The molecule has 136 valence electrons. The van der Waals surface area contributed by atoms with Crippen molar-refractivity contribution in [1.82, 2.24) is 4.90 Å². The van der Waals surface area contributed by atoms with Crippen LogP contribution >= 0.6 is 0 Å². The van der Waals surface area contributed by atoms with Crippen LogP contribution in [0.3, 0.4) is 0 Å². The summed E-state index contributed by atoms with van der Waals surface area (Å²) in [5.74, 6) is -1.42. The smallest absolute Gasteiger partial charge is 0.191 e. The van der Waals surface area contributed by atoms with Gasteiger partial charge in [0, 0.05) is 24.9 Å². The first-order valence-electron chi connectivity index (χ1n) is 8.38. The monoisotopic (exact) mass is 363 g/mol. The van der Waals surface area contributed by atoms with E-state index in [1.54, 1.807) is 0 Å². The predicted octanol–water partition coefficient (Wildman–Crippen LogP) is 2.19. The van der Waals surface area contributed by atoms with E-state index in [0.29, 0.717) is 24.4 Å². The van der Waals surface area contributed by atoms with Crippen LogP contribution in [0.25, 0.3) is 0 Å². The first kappa shape index (κ1) is 18.5. The number of hydrogen-bond donors (Lipinski definition) is 1. The Balaban J connectivity index is 2.37. The summed E-state index contributed by atoms with van der Waals surface area (Å²) in [6.07, 6.45) is 1.86. The fourth-order valence-electron chi connectivity index (χ4n) is 4.06. The molecule has 0 bridgehead atoms. The molecule has 27 heavy (non-hydrogen) atoms. The lowest BCUT2D eigenvalue weighted by Gasteiger charge is -2.45. The maximum atomic E-state index is 14.8. The van der Waals surface area contributed by atoms with Crippen LogP contribution in [0.4, 0.5) is 4.39 Å². The van der Waals surface area contributed by atoms with Gasteiger partial charge in [-0.15, -0.1) is 0 Å². The maximum Gasteiger partial charge on any atom is 0.191 e. The molecular formula is C20H18FN5O. The number of methoxy groups -OCH3 is 1. The highest BCUT2D eigenvalue weighted by Gasteiger charge is 2.55. The molecule has 2 atom stereocenters. The van der Waals surface area contributed by atoms with E-state index in [1.165, 1.54) is 25.3 Å². The third-order valence-electron chi connectivity index (χ3n) is 5.39. The van der Waals surface area contributed by atoms with Crippen molar-refractivity contribution in [1.29, 1.82) is 15.8 Å². The molecule has 1 aromatic rings. The summed E-state index contributed by atoms with van der Waals surface area (Å²) in [6.45, 7) is 1.07. The van der Waals surface area contributed by atoms with Crippen LogP contribution in [0.2, 0.25) is 0 Å². The molecule has 0 fully saturated rings. The van der Waals surface area contributed by atoms with Crippen molar-refractivity contribution >= 4 is 0 Å². The Hall–Kier alpha value is -3.34. The lowest BCUT2D eigenvalue weighted by atomic mass is 9.58. The van der Waals surface area contributed by atoms with Gasteiger partial charge in [-0.2, -0.15) is 15.8 Å². The first-order chi connectivity index (χ1) is 12.9. The molecular weight excluding hydrogens is 345 g/mol. The van der Waals surface area contributed by atoms with Crippen molar-refractivity contribution in [3.63, 3.8) is 0 Å². The second-order valence-electron chi connectivity index (χ2n) is 6.78. The molecule has 6 nitrogen and oxygen atoms in total. The van der Waals surface area contributed by atoms with Crippen molar-refractivity contribution in [2.24, 2.45) is 17.1 Å². The van der Waals surface area contributed by atoms with Crippen LogP contribution in [0.15, 0.2) is 41.1 Å². The molecule has 0 spiro atoms. The van der Waals surface area contributed by atoms with Gasteiger partial charge < -0.3 is 15.4 Å². The number of nitrogens with two attached hydrogens (primary N) is 1. The zero-order valence-corrected chi connectivity index (χ0v) is 15.0. The highest BCUT2D eigenvalue weighted by molar-refractivity contribution is 5.59. The molecule has 2 unspecified atom stereocenters. The number of nitriles is 3. The Kier molecular flexibility index (Phi) is 4.62. The summed E-state index contributed by atoms with van der Waals surface area (Å²) in [5.41, 5.74) is 5.22. The zero-order valence-electron chi connectivity index (χ0n) is 15.0. The Bertz CT molecular complexity index is 962. The summed E-state index contributed by atoms with van der Waals surface area (Å²) < 4.78 is 20.0. The summed E-state index contributed by atoms with van der Waals surface area (Å²) in [7, 11) is 3.35. The lowest BCUT2D eigenvalue weighted by molar-refractivity contribution is 0.234. The Labute approximate surface area is 157 Å². The molecule has 1 aliphatic carbocycles. The number of allylic oxidation sites excluding steroid dienone is 2. The molecule has 0 saturated heterocycles. The molecule has 1 aliphatic heterocycles. The molecule has 1 heterocycles. The number of ether oxygens (including phenoxy) is 1. The highest BCUT2D eigenvalue weighted by atomic mass is 19.1. The van der Waals surface area contributed by atoms with E-state index in [1.807, 2.05) is 36.2 Å². The van der Waals surface area contributed by atoms with E-state index < -0.39 is 23.1 Å². The SMILES string of the molecule is COc1ccc(F)c(C2C3CN(C)CC=C3C(C#N)=C(N)C2(C#N)C#N)c1. The van der Waals surface area contributed by atoms with Gasteiger partial charge in [0.2, 0.25) is 0 Å². The minimum absolute atomic E-state index is 0.116. The third kappa shape index (κ3) is 2.63. The fourth-order valence-corrected chi connectivity index (χ4v) is 4.06. The Morgan fingerprint density at radius 1 is 1.30 bits per heavy atom. The standard InChI is InChI=1S/C20H18FN5O/c1-26-6-5-13-15(8-22)19(25)20(10-23,11-24)18(16(13)9-26)14-7-12(27-2)3-4-17(14)21/h3-5,7,16,18H,6,9,25H2,1-2H3. The number of likely N-dealkylation sites (N-methyl/N-ethyl adjacent to an activating group) is 1. The van der Waals surface area contributed by atoms with Gasteiger partial charge in [-0.3, -0.25) is 0 Å². The van der Waals surface area contributed by atoms with Crippen molar-refractivity contribution in [2.75, 3.05) is 27.2 Å². The van der Waals surface area contributed by atoms with E-state index in [2.05, 4.69) is 0 Å². The van der Waals surface area contributed by atoms with Gasteiger partial charge in [-0.05, 0) is 36.4 Å². The van der Waals surface area contributed by atoms with Gasteiger partial charge >= 0.3 is 0 Å². The van der Waals surface area contributed by atoms with E-state index >= 15 is 0 Å². The predicted molar refractivity (Wildman–Crippen MR) is 95.2 cm³/mol. The molecule has 2 N–H and O–H groups in total. The maximum absolute atomic E-state index is 14.8. The average molecular weight is 363 g/mol. The molecule has 3 rings (SSSR count). The van der Waals surface area contributed by atoms with E-state index in [0.717, 1.165) is 0 Å². The number of nitrogens with zero attached hydrogens (tertiary/aromatic N) is 4. The number of hydrogen-bond acceptors (Lipinski definition) is 6. The molecule has 0 radical (unpaired) electrons. The summed E-state index contributed by atoms with van der Waals surface area (Å²) >= 11 is 0. The molecule has 7 heteroatoms. The number of rotatable bonds is 2. The lowest BCUT2D eigenvalue weighted by Crippen LogP contribution is -2.47. The van der Waals surface area contributed by atoms with Crippen molar-refractivity contribution < 1.29 is 9.13 Å². The quantitative estimate of drug-likeness (QED) is 0.862. The van der Waals surface area contributed by atoms with Crippen molar-refractivity contribution in [3.8, 4) is 24.0 Å². The normalized spacial score (nSPS) is 24.1. The topological polar surface area (TPSA) is 110 Å². The van der Waals surface area contributed by atoms with Crippen LogP contribution < -0.4 is 10.5 Å². The van der Waals surface area contributed by atoms with Crippen LogP contribution in [-0.2, 0) is 0 Å². The summed E-state index contributed by atoms with van der Waals surface area (Å²) in [4.78, 5) is 2.00. The van der Waals surface area contributed by atoms with Crippen LogP contribution in [-0.4, -0.2) is 32.1 Å². The van der Waals surface area contributed by atoms with Crippen molar-refractivity contribution in [2.45, 2.75) is 5.92 Å². The van der Waals surface area contributed by atoms with Crippen LogP contribution in [0.1, 0.15) is 11.5 Å².